The van der Waals surface area contributed by atoms with Crippen molar-refractivity contribution in [3.63, 3.8) is 0 Å². The van der Waals surface area contributed by atoms with Gasteiger partial charge in [-0.15, -0.1) is 0 Å². The first-order valence-electron chi connectivity index (χ1n) is 18.2. The number of carboxylic acids is 2. The zero-order valence-electron chi connectivity index (χ0n) is 30.3. The molecule has 8 rings (SSSR count). The lowest BCUT2D eigenvalue weighted by atomic mass is 10.0. The summed E-state index contributed by atoms with van der Waals surface area (Å²) in [6, 6.07) is 28.0. The first-order valence-corrected chi connectivity index (χ1v) is 19.0. The van der Waals surface area contributed by atoms with Crippen molar-refractivity contribution < 1.29 is 33.8 Å². The van der Waals surface area contributed by atoms with Crippen molar-refractivity contribution >= 4 is 47.0 Å². The van der Waals surface area contributed by atoms with Crippen LogP contribution in [0.25, 0.3) is 22.3 Å². The van der Waals surface area contributed by atoms with E-state index in [1.165, 1.54) is 16.1 Å². The highest BCUT2D eigenvalue weighted by Gasteiger charge is 2.44. The van der Waals surface area contributed by atoms with Gasteiger partial charge in [-0.2, -0.15) is 0 Å². The van der Waals surface area contributed by atoms with Crippen molar-refractivity contribution in [1.82, 2.24) is 19.8 Å². The minimum atomic E-state index is -1.01. The van der Waals surface area contributed by atoms with Gasteiger partial charge in [0.15, 0.2) is 0 Å². The summed E-state index contributed by atoms with van der Waals surface area (Å²) in [4.78, 5) is 61.0. The molecule has 288 valence electrons. The number of nitrogens with zero attached hydrogens (tertiary/aromatic N) is 4. The summed E-state index contributed by atoms with van der Waals surface area (Å²) in [5.74, 6) is -2.65. The lowest BCUT2D eigenvalue weighted by Crippen LogP contribution is -2.41. The third kappa shape index (κ3) is 8.30. The van der Waals surface area contributed by atoms with E-state index in [4.69, 9.17) is 27.6 Å². The Morgan fingerprint density at radius 2 is 1.00 bits per heavy atom. The molecule has 2 saturated heterocycles. The second-order valence-corrected chi connectivity index (χ2v) is 14.5. The zero-order valence-corrected chi connectivity index (χ0v) is 31.8. The van der Waals surface area contributed by atoms with Crippen LogP contribution in [0.5, 0.6) is 0 Å². The van der Waals surface area contributed by atoms with Crippen LogP contribution in [0.3, 0.4) is 0 Å². The highest BCUT2D eigenvalue weighted by molar-refractivity contribution is 6.31. The highest BCUT2D eigenvalue weighted by atomic mass is 35.5. The van der Waals surface area contributed by atoms with E-state index in [1.807, 2.05) is 66.7 Å². The number of hydrogen-bond donors (Lipinski definition) is 2. The van der Waals surface area contributed by atoms with Crippen molar-refractivity contribution in [3.05, 3.63) is 167 Å². The number of rotatable bonds is 8. The molecule has 0 aliphatic carbocycles. The Bertz CT molecular complexity index is 2370. The van der Waals surface area contributed by atoms with Crippen molar-refractivity contribution in [1.29, 1.82) is 0 Å². The third-order valence-corrected chi connectivity index (χ3v) is 11.0. The number of aliphatic carboxylic acids is 2. The molecule has 0 saturated carbocycles. The van der Waals surface area contributed by atoms with E-state index in [-0.39, 0.29) is 23.9 Å². The number of benzene rings is 4. The maximum absolute atomic E-state index is 13.3. The van der Waals surface area contributed by atoms with Gasteiger partial charge in [0.1, 0.15) is 18.4 Å². The normalized spacial score (nSPS) is 18.8. The fraction of sp³-hybridized carbons (Fsp3) is 0.182. The molecule has 2 amide bonds. The molecule has 57 heavy (non-hydrogen) atoms. The molecular formula is C44H36Cl2N4O7. The summed E-state index contributed by atoms with van der Waals surface area (Å²) >= 11 is 12.7. The van der Waals surface area contributed by atoms with E-state index >= 15 is 0 Å². The number of amides is 2. The lowest BCUT2D eigenvalue weighted by Gasteiger charge is -2.29. The van der Waals surface area contributed by atoms with Crippen LogP contribution in [-0.4, -0.2) is 65.8 Å². The number of likely N-dealkylation sites (tertiary alicyclic amines) is 2. The molecule has 2 aromatic heterocycles. The number of carboxylic acid groups (broad SMARTS) is 2. The van der Waals surface area contributed by atoms with Crippen LogP contribution >= 0.6 is 23.2 Å². The topological polar surface area (TPSA) is 154 Å². The Morgan fingerprint density at radius 3 is 1.40 bits per heavy atom. The van der Waals surface area contributed by atoms with Crippen LogP contribution in [0.15, 0.2) is 139 Å². The predicted molar refractivity (Wildman–Crippen MR) is 214 cm³/mol. The molecule has 4 heterocycles. The van der Waals surface area contributed by atoms with Gasteiger partial charge in [0.05, 0.1) is 24.6 Å². The molecule has 2 aliphatic heterocycles. The van der Waals surface area contributed by atoms with E-state index in [2.05, 4.69) is 9.97 Å². The minimum Gasteiger partial charge on any atom is -0.480 e. The maximum Gasteiger partial charge on any atom is 0.326 e. The summed E-state index contributed by atoms with van der Waals surface area (Å²) in [5.41, 5.74) is 5.96. The van der Waals surface area contributed by atoms with Gasteiger partial charge >= 0.3 is 11.9 Å². The van der Waals surface area contributed by atoms with Gasteiger partial charge in [-0.3, -0.25) is 9.59 Å². The summed E-state index contributed by atoms with van der Waals surface area (Å²) in [5, 5.41) is 20.4. The highest BCUT2D eigenvalue weighted by Crippen LogP contribution is 2.42. The smallest absolute Gasteiger partial charge is 0.326 e. The van der Waals surface area contributed by atoms with Crippen LogP contribution in [0.2, 0.25) is 10.0 Å². The fourth-order valence-electron chi connectivity index (χ4n) is 7.56. The first-order chi connectivity index (χ1) is 27.6. The van der Waals surface area contributed by atoms with Crippen molar-refractivity contribution in [2.45, 2.75) is 49.9 Å². The molecule has 0 spiro atoms. The largest absolute Gasteiger partial charge is 0.480 e. The minimum absolute atomic E-state index is 0.312. The van der Waals surface area contributed by atoms with Gasteiger partial charge in [-0.1, -0.05) is 83.9 Å². The Kier molecular flexibility index (Phi) is 11.8. The van der Waals surface area contributed by atoms with Gasteiger partial charge in [0.2, 0.25) is 0 Å². The molecule has 0 unspecified atom stereocenters. The third-order valence-electron chi connectivity index (χ3n) is 10.3. The van der Waals surface area contributed by atoms with Crippen LogP contribution in [0, 0.1) is 0 Å². The second-order valence-electron chi connectivity index (χ2n) is 13.7. The number of aromatic nitrogens is 2. The molecule has 6 aromatic rings. The molecule has 2 N–H and O–H groups in total. The van der Waals surface area contributed by atoms with Crippen molar-refractivity contribution in [2.75, 3.05) is 0 Å². The SMILES string of the molecule is O=C(O)[C@@H]1CC[C@H](c2ccccc2Cl)N1C(=O)c1ccc(-c2ccoc2)cc1.O=C(O)[C@@H]1CC[C@H](c2ccccc2Cl)N1C(=O)c1ccc(-c2cncnc2)cc1. The second kappa shape index (κ2) is 17.2. The summed E-state index contributed by atoms with van der Waals surface area (Å²) in [6.07, 6.45) is 9.94. The molecule has 11 nitrogen and oxygen atoms in total. The maximum atomic E-state index is 13.3. The molecule has 4 aromatic carbocycles. The van der Waals surface area contributed by atoms with Crippen LogP contribution in [0.4, 0.5) is 0 Å². The van der Waals surface area contributed by atoms with Gasteiger partial charge in [-0.05, 0) is 90.4 Å². The number of furan rings is 1. The zero-order chi connectivity index (χ0) is 40.1. The van der Waals surface area contributed by atoms with E-state index in [1.54, 1.807) is 61.3 Å². The quantitative estimate of drug-likeness (QED) is 0.153. The van der Waals surface area contributed by atoms with Gasteiger partial charge in [0.25, 0.3) is 11.8 Å². The number of halogens is 2. The number of hydrogen-bond acceptors (Lipinski definition) is 7. The number of carbonyl (C=O) groups excluding carboxylic acids is 2. The fourth-order valence-corrected chi connectivity index (χ4v) is 8.08. The Hall–Kier alpha value is -6.30. The van der Waals surface area contributed by atoms with Gasteiger partial charge < -0.3 is 24.4 Å². The van der Waals surface area contributed by atoms with Gasteiger partial charge in [-0.25, -0.2) is 19.6 Å². The number of carbonyl (C=O) groups is 4. The van der Waals surface area contributed by atoms with Crippen molar-refractivity contribution in [3.8, 4) is 22.3 Å². The standard InChI is InChI=1S/C22H18ClN3O3.C22H18ClNO4/c23-18-4-2-1-3-17(18)19-9-10-20(22(28)29)26(19)21(27)15-7-5-14(6-8-15)16-11-24-13-25-12-16;23-18-4-2-1-3-17(18)19-9-10-20(22(26)27)24(19)21(25)15-7-5-14(6-8-15)16-11-12-28-13-16/h1-8,11-13,19-20H,9-10H2,(H,28,29);1-8,11-13,19-20H,9-10H2,(H,26,27)/t2*19-,20+/m11/s1. The monoisotopic (exact) mass is 802 g/mol. The van der Waals surface area contributed by atoms with Crippen molar-refractivity contribution in [2.24, 2.45) is 0 Å². The average molecular weight is 804 g/mol. The van der Waals surface area contributed by atoms with E-state index in [0.29, 0.717) is 46.9 Å². The molecule has 4 atom stereocenters. The van der Waals surface area contributed by atoms with E-state index in [9.17, 15) is 29.4 Å². The molecule has 0 bridgehead atoms. The van der Waals surface area contributed by atoms with Gasteiger partial charge in [0, 0.05) is 44.7 Å². The van der Waals surface area contributed by atoms with Crippen LogP contribution < -0.4 is 0 Å². The Labute approximate surface area is 338 Å². The molecule has 2 aliphatic rings. The van der Waals surface area contributed by atoms with Crippen LogP contribution in [0.1, 0.15) is 69.6 Å². The molecule has 13 heteroatoms. The Balaban J connectivity index is 0.000000174. The van der Waals surface area contributed by atoms with E-state index in [0.717, 1.165) is 33.4 Å². The first kappa shape index (κ1) is 39.0. The lowest BCUT2D eigenvalue weighted by molar-refractivity contribution is -0.142. The summed E-state index contributed by atoms with van der Waals surface area (Å²) in [7, 11) is 0. The average Bonchev–Trinajstić information content (AvgIpc) is 4.03. The van der Waals surface area contributed by atoms with E-state index < -0.39 is 24.0 Å². The molecular weight excluding hydrogens is 767 g/mol. The summed E-state index contributed by atoms with van der Waals surface area (Å²) in [6.45, 7) is 0. The van der Waals surface area contributed by atoms with Crippen LogP contribution in [-0.2, 0) is 9.59 Å². The summed E-state index contributed by atoms with van der Waals surface area (Å²) < 4.78 is 5.09. The molecule has 2 fully saturated rings. The Morgan fingerprint density at radius 1 is 0.561 bits per heavy atom. The molecule has 0 radical (unpaired) electrons. The predicted octanol–water partition coefficient (Wildman–Crippen LogP) is 9.26.